The molecule has 0 aliphatic carbocycles. The van der Waals surface area contributed by atoms with Crippen LogP contribution in [0.1, 0.15) is 29.7 Å². The van der Waals surface area contributed by atoms with Crippen molar-refractivity contribution in [3.63, 3.8) is 0 Å². The van der Waals surface area contributed by atoms with Crippen molar-refractivity contribution in [1.29, 1.82) is 0 Å². The maximum Gasteiger partial charge on any atom is 0.127 e. The van der Waals surface area contributed by atoms with Crippen LogP contribution in [0.4, 0.5) is 0 Å². The minimum absolute atomic E-state index is 0.578. The average molecular weight is 371 g/mol. The maximum absolute atomic E-state index is 6.07. The third kappa shape index (κ3) is 2.81. The quantitative estimate of drug-likeness (QED) is 0.692. The summed E-state index contributed by atoms with van der Waals surface area (Å²) in [5, 5.41) is 0. The van der Waals surface area contributed by atoms with Gasteiger partial charge in [-0.15, -0.1) is 0 Å². The van der Waals surface area contributed by atoms with E-state index in [-0.39, 0.29) is 0 Å². The van der Waals surface area contributed by atoms with Crippen LogP contribution in [0.2, 0.25) is 0 Å². The van der Waals surface area contributed by atoms with E-state index in [0.29, 0.717) is 6.61 Å². The summed E-state index contributed by atoms with van der Waals surface area (Å²) >= 11 is 3.61. The summed E-state index contributed by atoms with van der Waals surface area (Å²) in [5.74, 6) is 0.952. The van der Waals surface area contributed by atoms with Crippen LogP contribution >= 0.6 is 15.9 Å². The van der Waals surface area contributed by atoms with Gasteiger partial charge in [-0.05, 0) is 44.2 Å². The summed E-state index contributed by atoms with van der Waals surface area (Å²) in [6.45, 7) is 2.78. The van der Waals surface area contributed by atoms with Crippen molar-refractivity contribution < 1.29 is 4.74 Å². The fraction of sp³-hybridized carbons (Fsp3) is 0.316. The van der Waals surface area contributed by atoms with Crippen molar-refractivity contribution in [2.24, 2.45) is 0 Å². The van der Waals surface area contributed by atoms with E-state index in [1.54, 1.807) is 0 Å². The highest BCUT2D eigenvalue weighted by molar-refractivity contribution is 9.10. The number of piperidine rings is 1. The van der Waals surface area contributed by atoms with Crippen molar-refractivity contribution in [3.05, 3.63) is 63.4 Å². The fourth-order valence-corrected chi connectivity index (χ4v) is 3.74. The van der Waals surface area contributed by atoms with Gasteiger partial charge in [-0.3, -0.25) is 4.98 Å². The molecule has 0 spiro atoms. The standard InChI is InChI=1S/C19H19BrN2O/c1-22-9-6-13(7-10-22)18-16-11-15(20)4-5-17(16)23-12-14-3-2-8-21-19(14)18/h2-5,8,11H,6-7,9-10,12H2,1H3. The Morgan fingerprint density at radius 2 is 2.00 bits per heavy atom. The van der Waals surface area contributed by atoms with Crippen LogP contribution in [0.5, 0.6) is 5.75 Å². The van der Waals surface area contributed by atoms with E-state index in [1.807, 2.05) is 18.3 Å². The molecule has 0 bridgehead atoms. The number of hydrogen-bond acceptors (Lipinski definition) is 3. The number of rotatable bonds is 0. The molecule has 2 aromatic rings. The number of hydrogen-bond donors (Lipinski definition) is 0. The molecule has 0 saturated carbocycles. The Balaban J connectivity index is 1.95. The largest absolute Gasteiger partial charge is 0.488 e. The highest BCUT2D eigenvalue weighted by Gasteiger charge is 2.25. The van der Waals surface area contributed by atoms with E-state index in [2.05, 4.69) is 46.1 Å². The van der Waals surface area contributed by atoms with Crippen molar-refractivity contribution in [3.8, 4) is 5.75 Å². The number of likely N-dealkylation sites (tertiary alicyclic amines) is 1. The summed E-state index contributed by atoms with van der Waals surface area (Å²) in [6, 6.07) is 10.4. The Hall–Kier alpha value is -1.65. The molecule has 3 heterocycles. The fourth-order valence-electron chi connectivity index (χ4n) is 3.38. The van der Waals surface area contributed by atoms with E-state index in [9.17, 15) is 0 Å². The van der Waals surface area contributed by atoms with Crippen LogP contribution in [0.25, 0.3) is 5.57 Å². The number of pyridine rings is 1. The molecule has 1 fully saturated rings. The Morgan fingerprint density at radius 3 is 2.83 bits per heavy atom. The first kappa shape index (κ1) is 14.9. The molecule has 0 unspecified atom stereocenters. The lowest BCUT2D eigenvalue weighted by Gasteiger charge is -2.26. The average Bonchev–Trinajstić information content (AvgIpc) is 2.72. The predicted octanol–water partition coefficient (Wildman–Crippen LogP) is 4.26. The van der Waals surface area contributed by atoms with Gasteiger partial charge in [0.1, 0.15) is 12.4 Å². The smallest absolute Gasteiger partial charge is 0.127 e. The van der Waals surface area contributed by atoms with Gasteiger partial charge in [0.15, 0.2) is 0 Å². The molecule has 4 rings (SSSR count). The SMILES string of the molecule is CN1CCC(=C2c3cc(Br)ccc3OCc3cccnc32)CC1. The monoisotopic (exact) mass is 370 g/mol. The number of halogens is 1. The van der Waals surface area contributed by atoms with Crippen molar-refractivity contribution in [2.45, 2.75) is 19.4 Å². The van der Waals surface area contributed by atoms with Crippen LogP contribution in [0, 0.1) is 0 Å². The highest BCUT2D eigenvalue weighted by Crippen LogP contribution is 2.41. The first-order valence-corrected chi connectivity index (χ1v) is 8.79. The topological polar surface area (TPSA) is 25.4 Å². The van der Waals surface area contributed by atoms with Crippen LogP contribution in [-0.4, -0.2) is 30.0 Å². The summed E-state index contributed by atoms with van der Waals surface area (Å²) in [7, 11) is 2.19. The molecule has 0 atom stereocenters. The van der Waals surface area contributed by atoms with Gasteiger partial charge in [0.25, 0.3) is 0 Å². The molecule has 3 nitrogen and oxygen atoms in total. The Morgan fingerprint density at radius 1 is 1.17 bits per heavy atom. The van der Waals surface area contributed by atoms with Gasteiger partial charge in [0, 0.05) is 40.5 Å². The Labute approximate surface area is 145 Å². The van der Waals surface area contributed by atoms with Gasteiger partial charge >= 0.3 is 0 Å². The summed E-state index contributed by atoms with van der Waals surface area (Å²) in [6.07, 6.45) is 4.07. The van der Waals surface area contributed by atoms with Gasteiger partial charge in [-0.1, -0.05) is 27.6 Å². The third-order valence-corrected chi connectivity index (χ3v) is 5.16. The van der Waals surface area contributed by atoms with Gasteiger partial charge < -0.3 is 9.64 Å². The zero-order chi connectivity index (χ0) is 15.8. The zero-order valence-corrected chi connectivity index (χ0v) is 14.8. The maximum atomic E-state index is 6.07. The molecule has 118 valence electrons. The van der Waals surface area contributed by atoms with E-state index < -0.39 is 0 Å². The van der Waals surface area contributed by atoms with Crippen LogP contribution in [-0.2, 0) is 6.61 Å². The van der Waals surface area contributed by atoms with Crippen molar-refractivity contribution >= 4 is 21.5 Å². The summed E-state index contributed by atoms with van der Waals surface area (Å²) < 4.78 is 7.14. The van der Waals surface area contributed by atoms with Crippen molar-refractivity contribution in [1.82, 2.24) is 9.88 Å². The molecule has 2 aliphatic heterocycles. The minimum atomic E-state index is 0.578. The lowest BCUT2D eigenvalue weighted by Crippen LogP contribution is -2.27. The summed E-state index contributed by atoms with van der Waals surface area (Å²) in [5.41, 5.74) is 6.19. The molecule has 0 amide bonds. The number of nitrogens with zero attached hydrogens (tertiary/aromatic N) is 2. The van der Waals surface area contributed by atoms with Gasteiger partial charge in [0.05, 0.1) is 5.69 Å². The first-order valence-electron chi connectivity index (χ1n) is 8.00. The number of fused-ring (bicyclic) bond motifs is 2. The number of benzene rings is 1. The number of aromatic nitrogens is 1. The first-order chi connectivity index (χ1) is 11.2. The zero-order valence-electron chi connectivity index (χ0n) is 13.2. The van der Waals surface area contributed by atoms with E-state index in [4.69, 9.17) is 9.72 Å². The minimum Gasteiger partial charge on any atom is -0.488 e. The predicted molar refractivity (Wildman–Crippen MR) is 95.5 cm³/mol. The number of ether oxygens (including phenoxy) is 1. The molecule has 2 aliphatic rings. The molecule has 1 aromatic carbocycles. The van der Waals surface area contributed by atoms with E-state index in [0.717, 1.165) is 47.4 Å². The molecular formula is C19H19BrN2O. The van der Waals surface area contributed by atoms with Crippen molar-refractivity contribution in [2.75, 3.05) is 20.1 Å². The lowest BCUT2D eigenvalue weighted by molar-refractivity contribution is 0.306. The van der Waals surface area contributed by atoms with E-state index >= 15 is 0 Å². The second-order valence-electron chi connectivity index (χ2n) is 6.22. The van der Waals surface area contributed by atoms with Crippen LogP contribution in [0.3, 0.4) is 0 Å². The normalized spacial score (nSPS) is 18.0. The molecule has 4 heteroatoms. The molecule has 1 saturated heterocycles. The molecule has 0 N–H and O–H groups in total. The molecule has 0 radical (unpaired) electrons. The van der Waals surface area contributed by atoms with Gasteiger partial charge in [-0.25, -0.2) is 0 Å². The van der Waals surface area contributed by atoms with Gasteiger partial charge in [-0.2, -0.15) is 0 Å². The Kier molecular flexibility index (Phi) is 3.95. The highest BCUT2D eigenvalue weighted by atomic mass is 79.9. The second-order valence-corrected chi connectivity index (χ2v) is 7.14. The third-order valence-electron chi connectivity index (χ3n) is 4.67. The second kappa shape index (κ2) is 6.10. The van der Waals surface area contributed by atoms with E-state index in [1.165, 1.54) is 16.7 Å². The Bertz CT molecular complexity index is 775. The summed E-state index contributed by atoms with van der Waals surface area (Å²) in [4.78, 5) is 7.10. The molecular weight excluding hydrogens is 352 g/mol. The van der Waals surface area contributed by atoms with Crippen LogP contribution < -0.4 is 4.74 Å². The lowest BCUT2D eigenvalue weighted by atomic mass is 9.89. The molecule has 23 heavy (non-hydrogen) atoms. The van der Waals surface area contributed by atoms with Crippen LogP contribution in [0.15, 0.2) is 46.6 Å². The molecule has 1 aromatic heterocycles. The van der Waals surface area contributed by atoms with Gasteiger partial charge in [0.2, 0.25) is 0 Å².